The van der Waals surface area contributed by atoms with E-state index in [2.05, 4.69) is 36.1 Å². The number of imidazole rings is 1. The van der Waals surface area contributed by atoms with E-state index in [0.29, 0.717) is 36.2 Å². The van der Waals surface area contributed by atoms with Gasteiger partial charge in [-0.25, -0.2) is 9.97 Å². The molecule has 0 aliphatic heterocycles. The topological polar surface area (TPSA) is 129 Å². The van der Waals surface area contributed by atoms with Gasteiger partial charge in [-0.15, -0.1) is 0 Å². The molecule has 212 valence electrons. The van der Waals surface area contributed by atoms with Gasteiger partial charge in [-0.05, 0) is 24.6 Å². The Balaban J connectivity index is 1.40. The lowest BCUT2D eigenvalue weighted by Crippen LogP contribution is -2.44. The third-order valence-electron chi connectivity index (χ3n) is 5.67. The number of aromatic nitrogens is 5. The summed E-state index contributed by atoms with van der Waals surface area (Å²) in [5.41, 5.74) is 0.00642. The molecule has 15 heteroatoms. The number of likely N-dealkylation sites (N-methyl/N-ethyl adjacent to an activating group) is 1. The number of alkyl halides is 3. The molecule has 0 radical (unpaired) electrons. The highest BCUT2D eigenvalue weighted by atomic mass is 35.5. The molecule has 1 aromatic carbocycles. The molecule has 11 nitrogen and oxygen atoms in total. The van der Waals surface area contributed by atoms with Crippen molar-refractivity contribution in [2.45, 2.75) is 12.6 Å². The van der Waals surface area contributed by atoms with Gasteiger partial charge in [0.15, 0.2) is 23.7 Å². The molecule has 4 N–H and O–H groups in total. The van der Waals surface area contributed by atoms with E-state index in [-0.39, 0.29) is 45.1 Å². The molecule has 0 aliphatic carbocycles. The summed E-state index contributed by atoms with van der Waals surface area (Å²) in [6.45, 7) is 1.14. The van der Waals surface area contributed by atoms with Crippen LogP contribution < -0.4 is 16.0 Å². The highest BCUT2D eigenvalue weighted by molar-refractivity contribution is 6.34. The first kappa shape index (κ1) is 28.8. The molecule has 40 heavy (non-hydrogen) atoms. The maximum absolute atomic E-state index is 13.4. The van der Waals surface area contributed by atoms with Crippen LogP contribution in [0.1, 0.15) is 22.5 Å². The van der Waals surface area contributed by atoms with Gasteiger partial charge in [-0.2, -0.15) is 18.3 Å². The number of fused-ring (bicyclic) bond motifs is 1. The van der Waals surface area contributed by atoms with Crippen molar-refractivity contribution >= 4 is 40.6 Å². The second-order valence-electron chi connectivity index (χ2n) is 9.99. The Morgan fingerprint density at radius 3 is 2.58 bits per heavy atom. The van der Waals surface area contributed by atoms with Crippen molar-refractivity contribution in [3.8, 4) is 11.3 Å². The van der Waals surface area contributed by atoms with Crippen LogP contribution in [0.5, 0.6) is 0 Å². The first-order valence-electron chi connectivity index (χ1n) is 12.2. The third kappa shape index (κ3) is 6.87. The number of halogens is 4. The highest BCUT2D eigenvalue weighted by Crippen LogP contribution is 2.36. The van der Waals surface area contributed by atoms with Crippen LogP contribution in [0.15, 0.2) is 43.0 Å². The second-order valence-corrected chi connectivity index (χ2v) is 10.4. The largest absolute Gasteiger partial charge is 0.435 e. The summed E-state index contributed by atoms with van der Waals surface area (Å²) in [4.78, 5) is 33.0. The Labute approximate surface area is 232 Å². The number of nitrogens with one attached hydrogen (secondary N) is 4. The number of carbonyl (C=O) groups excluding carboxylic acids is 2. The van der Waals surface area contributed by atoms with Crippen molar-refractivity contribution in [3.05, 3.63) is 59.3 Å². The number of H-pyrrole nitrogens is 1. The zero-order valence-corrected chi connectivity index (χ0v) is 22.7. The van der Waals surface area contributed by atoms with Gasteiger partial charge in [0.1, 0.15) is 0 Å². The number of hydrogen-bond donors (Lipinski definition) is 4. The Hall–Kier alpha value is -4.17. The van der Waals surface area contributed by atoms with Crippen LogP contribution in [-0.2, 0) is 11.0 Å². The summed E-state index contributed by atoms with van der Waals surface area (Å²) < 4.78 is 42.1. The molecule has 0 bridgehead atoms. The van der Waals surface area contributed by atoms with Crippen molar-refractivity contribution < 1.29 is 27.2 Å². The van der Waals surface area contributed by atoms with Crippen LogP contribution in [0.3, 0.4) is 0 Å². The van der Waals surface area contributed by atoms with Crippen molar-refractivity contribution in [3.63, 3.8) is 0 Å². The number of benzene rings is 1. The van der Waals surface area contributed by atoms with Gasteiger partial charge in [0, 0.05) is 37.4 Å². The zero-order valence-electron chi connectivity index (χ0n) is 21.9. The van der Waals surface area contributed by atoms with Gasteiger partial charge >= 0.3 is 6.18 Å². The van der Waals surface area contributed by atoms with Crippen LogP contribution in [0.25, 0.3) is 16.9 Å². The van der Waals surface area contributed by atoms with Crippen LogP contribution in [0.4, 0.5) is 24.7 Å². The monoisotopic (exact) mass is 578 g/mol. The number of anilines is 2. The number of rotatable bonds is 10. The quantitative estimate of drug-likeness (QED) is 0.168. The normalized spacial score (nSPS) is 12.0. The van der Waals surface area contributed by atoms with Gasteiger partial charge in [-0.3, -0.25) is 19.1 Å². The maximum Gasteiger partial charge on any atom is 0.435 e. The van der Waals surface area contributed by atoms with Crippen molar-refractivity contribution in [1.29, 1.82) is 0 Å². The Bertz CT molecular complexity index is 1530. The van der Waals surface area contributed by atoms with E-state index in [1.54, 1.807) is 12.1 Å². The summed E-state index contributed by atoms with van der Waals surface area (Å²) in [6, 6.07) is 4.70. The van der Waals surface area contributed by atoms with Gasteiger partial charge in [0.05, 0.1) is 49.2 Å². The summed E-state index contributed by atoms with van der Waals surface area (Å²) >= 11 is 6.37. The van der Waals surface area contributed by atoms with Crippen LogP contribution >= 0.6 is 11.6 Å². The number of hydrogen-bond acceptors (Lipinski definition) is 6. The van der Waals surface area contributed by atoms with Gasteiger partial charge in [0.2, 0.25) is 0 Å². The van der Waals surface area contributed by atoms with Crippen LogP contribution in [-0.4, -0.2) is 81.6 Å². The van der Waals surface area contributed by atoms with Crippen molar-refractivity contribution in [1.82, 2.24) is 35.2 Å². The molecule has 0 saturated heterocycles. The van der Waals surface area contributed by atoms with E-state index in [1.165, 1.54) is 29.1 Å². The maximum atomic E-state index is 13.4. The smallest absolute Gasteiger partial charge is 0.352 e. The molecule has 0 atom stereocenters. The van der Waals surface area contributed by atoms with Crippen LogP contribution in [0.2, 0.25) is 5.02 Å². The minimum atomic E-state index is -4.64. The predicted octanol–water partition coefficient (Wildman–Crippen LogP) is 3.48. The average Bonchev–Trinajstić information content (AvgIpc) is 3.50. The first-order chi connectivity index (χ1) is 18.8. The summed E-state index contributed by atoms with van der Waals surface area (Å²) in [7, 11) is 5.77. The lowest BCUT2D eigenvalue weighted by molar-refractivity contribution is -0.862. The lowest BCUT2D eigenvalue weighted by Gasteiger charge is -2.22. The summed E-state index contributed by atoms with van der Waals surface area (Å²) in [6.07, 6.45) is 1.29. The Morgan fingerprint density at radius 1 is 1.12 bits per heavy atom. The molecule has 0 unspecified atom stereocenters. The fourth-order valence-electron chi connectivity index (χ4n) is 3.92. The molecular formula is C25H28ClF3N9O2+. The first-order valence-corrected chi connectivity index (χ1v) is 12.6. The van der Waals surface area contributed by atoms with E-state index < -0.39 is 11.9 Å². The highest BCUT2D eigenvalue weighted by Gasteiger charge is 2.37. The molecular weight excluding hydrogens is 551 g/mol. The number of aromatic amines is 1. The SMILES string of the molecule is C[N+](C)(C)CC(=O)NCCCNC(=O)c1ccc(Nc2nccn3c(-c4c[nH]nc4C(F)(F)F)cnc23)cc1Cl. The zero-order chi connectivity index (χ0) is 29.1. The molecule has 2 amide bonds. The molecule has 4 aromatic rings. The van der Waals surface area contributed by atoms with Gasteiger partial charge in [-0.1, -0.05) is 11.6 Å². The van der Waals surface area contributed by atoms with Crippen molar-refractivity contribution in [2.24, 2.45) is 0 Å². The summed E-state index contributed by atoms with van der Waals surface area (Å²) in [5, 5.41) is 14.4. The van der Waals surface area contributed by atoms with Gasteiger partial charge in [0.25, 0.3) is 11.8 Å². The fraction of sp³-hybridized carbons (Fsp3) is 0.320. The minimum absolute atomic E-state index is 0.0609. The molecule has 0 saturated carbocycles. The van der Waals surface area contributed by atoms with Crippen molar-refractivity contribution in [2.75, 3.05) is 46.1 Å². The third-order valence-corrected chi connectivity index (χ3v) is 5.98. The average molecular weight is 579 g/mol. The molecule has 4 rings (SSSR count). The minimum Gasteiger partial charge on any atom is -0.352 e. The predicted molar refractivity (Wildman–Crippen MR) is 143 cm³/mol. The van der Waals surface area contributed by atoms with Crippen LogP contribution in [0, 0.1) is 0 Å². The number of nitrogens with zero attached hydrogens (tertiary/aromatic N) is 5. The molecule has 3 heterocycles. The number of quaternary nitrogens is 1. The summed E-state index contributed by atoms with van der Waals surface area (Å²) in [5.74, 6) is -0.159. The molecule has 0 spiro atoms. The molecule has 0 fully saturated rings. The Kier molecular flexibility index (Phi) is 8.30. The fourth-order valence-corrected chi connectivity index (χ4v) is 4.19. The van der Waals surface area contributed by atoms with E-state index in [1.807, 2.05) is 21.1 Å². The number of amides is 2. The van der Waals surface area contributed by atoms with E-state index >= 15 is 0 Å². The van der Waals surface area contributed by atoms with E-state index in [0.717, 1.165) is 6.20 Å². The molecule has 0 aliphatic rings. The lowest BCUT2D eigenvalue weighted by atomic mass is 10.2. The standard InChI is InChI=1S/C25H27ClF3N9O2/c1-38(2,3)14-20(39)30-7-4-8-32-24(40)16-6-5-15(11-18(16)26)35-22-23-33-13-19(37(23)10-9-31-22)17-12-34-36-21(17)25(27,28)29/h5-6,9-13H,4,7-8,14H2,1-3H3,(H3-,30,31,32,34,35,36,39,40)/p+1. The van der Waals surface area contributed by atoms with Gasteiger partial charge < -0.3 is 20.4 Å². The molecule has 3 aromatic heterocycles. The number of carbonyl (C=O) groups is 2. The second kappa shape index (κ2) is 11.5. The Morgan fingerprint density at radius 2 is 1.88 bits per heavy atom. The van der Waals surface area contributed by atoms with E-state index in [4.69, 9.17) is 11.6 Å². The van der Waals surface area contributed by atoms with E-state index in [9.17, 15) is 22.8 Å².